The number of rotatable bonds is 8. The molecule has 8 heteroatoms. The van der Waals surface area contributed by atoms with E-state index in [4.69, 9.17) is 4.74 Å². The van der Waals surface area contributed by atoms with E-state index in [0.29, 0.717) is 24.0 Å². The molecule has 0 saturated heterocycles. The minimum Gasteiger partial charge on any atom is -0.492 e. The zero-order valence-corrected chi connectivity index (χ0v) is 17.4. The highest BCUT2D eigenvalue weighted by atomic mass is 32.2. The maximum absolute atomic E-state index is 12.6. The molecule has 1 aliphatic carbocycles. The second-order valence-corrected chi connectivity index (χ2v) is 9.29. The van der Waals surface area contributed by atoms with Crippen LogP contribution >= 0.6 is 0 Å². The van der Waals surface area contributed by atoms with E-state index < -0.39 is 10.0 Å². The molecule has 1 aliphatic rings. The van der Waals surface area contributed by atoms with Crippen LogP contribution in [0.15, 0.2) is 23.1 Å². The topological polar surface area (TPSA) is 87.7 Å². The largest absolute Gasteiger partial charge is 0.492 e. The Bertz CT molecular complexity index is 749. The van der Waals surface area contributed by atoms with Crippen LogP contribution in [0.5, 0.6) is 5.75 Å². The highest BCUT2D eigenvalue weighted by Crippen LogP contribution is 2.29. The molecule has 27 heavy (non-hydrogen) atoms. The first kappa shape index (κ1) is 21.5. The van der Waals surface area contributed by atoms with Crippen molar-refractivity contribution in [2.24, 2.45) is 5.92 Å². The van der Waals surface area contributed by atoms with Crippen molar-refractivity contribution in [1.82, 2.24) is 9.62 Å². The summed E-state index contributed by atoms with van der Waals surface area (Å²) in [4.78, 5) is 12.3. The Balaban J connectivity index is 2.07. The molecule has 2 N–H and O–H groups in total. The summed E-state index contributed by atoms with van der Waals surface area (Å²) < 4.78 is 31.7. The maximum atomic E-state index is 12.6. The summed E-state index contributed by atoms with van der Waals surface area (Å²) in [6, 6.07) is 5.06. The van der Waals surface area contributed by atoms with Crippen LogP contribution in [0.4, 0.5) is 5.69 Å². The summed E-state index contributed by atoms with van der Waals surface area (Å²) in [6.07, 6.45) is 4.53. The van der Waals surface area contributed by atoms with Crippen LogP contribution in [0, 0.1) is 5.92 Å². The molecule has 7 nitrogen and oxygen atoms in total. The van der Waals surface area contributed by atoms with Gasteiger partial charge in [0.1, 0.15) is 10.6 Å². The molecule has 0 unspecified atom stereocenters. The molecule has 2 atom stereocenters. The first-order valence-corrected chi connectivity index (χ1v) is 10.9. The van der Waals surface area contributed by atoms with Gasteiger partial charge in [0.05, 0.1) is 13.2 Å². The second kappa shape index (κ2) is 9.41. The number of nitrogens with one attached hydrogen (secondary N) is 2. The van der Waals surface area contributed by atoms with E-state index in [1.165, 1.54) is 26.6 Å². The van der Waals surface area contributed by atoms with Crippen LogP contribution < -0.4 is 15.4 Å². The van der Waals surface area contributed by atoms with Crippen LogP contribution in [0.1, 0.15) is 39.5 Å². The van der Waals surface area contributed by atoms with Gasteiger partial charge in [0.25, 0.3) is 0 Å². The first-order valence-electron chi connectivity index (χ1n) is 9.48. The second-order valence-electron chi connectivity index (χ2n) is 7.17. The Morgan fingerprint density at radius 2 is 1.96 bits per heavy atom. The molecule has 2 rings (SSSR count). The van der Waals surface area contributed by atoms with Gasteiger partial charge in [0.15, 0.2) is 0 Å². The third kappa shape index (κ3) is 5.59. The number of hydrogen-bond donors (Lipinski definition) is 2. The summed E-state index contributed by atoms with van der Waals surface area (Å²) in [5.74, 6) is 0.710. The first-order chi connectivity index (χ1) is 12.8. The van der Waals surface area contributed by atoms with Gasteiger partial charge >= 0.3 is 0 Å². The number of carbonyl (C=O) groups is 1. The summed E-state index contributed by atoms with van der Waals surface area (Å²) in [5, 5.41) is 6.10. The fourth-order valence-corrected chi connectivity index (χ4v) is 4.31. The number of hydrogen-bond acceptors (Lipinski definition) is 5. The van der Waals surface area contributed by atoms with Crippen molar-refractivity contribution >= 4 is 21.6 Å². The van der Waals surface area contributed by atoms with E-state index in [1.54, 1.807) is 19.1 Å². The van der Waals surface area contributed by atoms with Gasteiger partial charge in [-0.3, -0.25) is 4.79 Å². The monoisotopic (exact) mass is 397 g/mol. The van der Waals surface area contributed by atoms with Gasteiger partial charge in [0.2, 0.25) is 15.9 Å². The lowest BCUT2D eigenvalue weighted by molar-refractivity contribution is -0.120. The number of carbonyl (C=O) groups excluding carboxylic acids is 1. The van der Waals surface area contributed by atoms with Crippen molar-refractivity contribution in [2.45, 2.75) is 50.5 Å². The number of sulfonamides is 1. The Hall–Kier alpha value is -1.80. The summed E-state index contributed by atoms with van der Waals surface area (Å²) in [7, 11) is -0.701. The molecular weight excluding hydrogens is 366 g/mol. The molecule has 0 aromatic heterocycles. The maximum Gasteiger partial charge on any atom is 0.246 e. The molecule has 1 saturated carbocycles. The van der Waals surface area contributed by atoms with E-state index in [-0.39, 0.29) is 23.4 Å². The van der Waals surface area contributed by atoms with Crippen molar-refractivity contribution in [3.05, 3.63) is 18.2 Å². The average molecular weight is 398 g/mol. The number of amides is 1. The molecule has 0 spiro atoms. The number of ether oxygens (including phenoxy) is 1. The van der Waals surface area contributed by atoms with Crippen LogP contribution in [0.2, 0.25) is 0 Å². The van der Waals surface area contributed by atoms with Gasteiger partial charge in [-0.1, -0.05) is 19.8 Å². The normalized spacial score (nSPS) is 20.3. The van der Waals surface area contributed by atoms with Crippen molar-refractivity contribution in [3.8, 4) is 5.75 Å². The van der Waals surface area contributed by atoms with Crippen LogP contribution in [-0.2, 0) is 14.8 Å². The van der Waals surface area contributed by atoms with E-state index in [9.17, 15) is 13.2 Å². The molecule has 0 radical (unpaired) electrons. The van der Waals surface area contributed by atoms with Crippen LogP contribution in [0.3, 0.4) is 0 Å². The molecule has 1 aromatic carbocycles. The molecule has 0 aliphatic heterocycles. The van der Waals surface area contributed by atoms with Gasteiger partial charge < -0.3 is 15.4 Å². The minimum atomic E-state index is -3.65. The highest BCUT2D eigenvalue weighted by molar-refractivity contribution is 7.89. The minimum absolute atomic E-state index is 0.0837. The number of nitrogens with zero attached hydrogens (tertiary/aromatic N) is 1. The predicted molar refractivity (Wildman–Crippen MR) is 107 cm³/mol. The van der Waals surface area contributed by atoms with Crippen molar-refractivity contribution < 1.29 is 17.9 Å². The number of benzene rings is 1. The molecule has 1 amide bonds. The fraction of sp³-hybridized carbons (Fsp3) is 0.632. The third-order valence-corrected chi connectivity index (χ3v) is 6.75. The fourth-order valence-electron chi connectivity index (χ4n) is 3.26. The lowest BCUT2D eigenvalue weighted by atomic mass is 9.86. The average Bonchev–Trinajstić information content (AvgIpc) is 2.62. The molecule has 152 valence electrons. The van der Waals surface area contributed by atoms with Crippen molar-refractivity contribution in [3.63, 3.8) is 0 Å². The zero-order chi connectivity index (χ0) is 20.0. The SMILES string of the molecule is CCOc1ccc(NCC(=O)N[C@@H]2CCCC[C@H]2C)cc1S(=O)(=O)N(C)C. The summed E-state index contributed by atoms with van der Waals surface area (Å²) in [5.41, 5.74) is 0.561. The van der Waals surface area contributed by atoms with Crippen molar-refractivity contribution in [2.75, 3.05) is 32.6 Å². The van der Waals surface area contributed by atoms with Gasteiger partial charge in [0, 0.05) is 25.8 Å². The molecule has 1 aromatic rings. The standard InChI is InChI=1S/C19H31N3O4S/c1-5-26-17-11-10-15(12-18(17)27(24,25)22(3)4)20-13-19(23)21-16-9-7-6-8-14(16)2/h10-12,14,16,20H,5-9,13H2,1-4H3,(H,21,23)/t14-,16-/m1/s1. The van der Waals surface area contributed by atoms with Crippen molar-refractivity contribution in [1.29, 1.82) is 0 Å². The van der Waals surface area contributed by atoms with E-state index in [1.807, 2.05) is 0 Å². The van der Waals surface area contributed by atoms with Crippen LogP contribution in [0.25, 0.3) is 0 Å². The van der Waals surface area contributed by atoms with E-state index in [2.05, 4.69) is 17.6 Å². The Labute approximate surface area is 162 Å². The smallest absolute Gasteiger partial charge is 0.246 e. The Kier molecular flexibility index (Phi) is 7.49. The van der Waals surface area contributed by atoms with Gasteiger partial charge in [-0.2, -0.15) is 0 Å². The summed E-state index contributed by atoms with van der Waals surface area (Å²) in [6.45, 7) is 4.43. The molecule has 1 fully saturated rings. The Morgan fingerprint density at radius 1 is 1.26 bits per heavy atom. The van der Waals surface area contributed by atoms with Crippen LogP contribution in [-0.4, -0.2) is 51.9 Å². The molecule has 0 heterocycles. The van der Waals surface area contributed by atoms with E-state index >= 15 is 0 Å². The quantitative estimate of drug-likeness (QED) is 0.703. The highest BCUT2D eigenvalue weighted by Gasteiger charge is 2.24. The number of anilines is 1. The summed E-state index contributed by atoms with van der Waals surface area (Å²) >= 11 is 0. The van der Waals surface area contributed by atoms with Gasteiger partial charge in [-0.05, 0) is 43.9 Å². The predicted octanol–water partition coefficient (Wildman–Crippen LogP) is 2.44. The van der Waals surface area contributed by atoms with E-state index in [0.717, 1.165) is 23.6 Å². The van der Waals surface area contributed by atoms with Gasteiger partial charge in [-0.15, -0.1) is 0 Å². The molecular formula is C19H31N3O4S. The zero-order valence-electron chi connectivity index (χ0n) is 16.6. The third-order valence-electron chi connectivity index (χ3n) is 4.91. The molecule has 0 bridgehead atoms. The lowest BCUT2D eigenvalue weighted by Crippen LogP contribution is -2.43. The Morgan fingerprint density at radius 3 is 2.59 bits per heavy atom. The van der Waals surface area contributed by atoms with Gasteiger partial charge in [-0.25, -0.2) is 12.7 Å². The lowest BCUT2D eigenvalue weighted by Gasteiger charge is -2.29.